The summed E-state index contributed by atoms with van der Waals surface area (Å²) in [6, 6.07) is 6.80. The van der Waals surface area contributed by atoms with Crippen molar-refractivity contribution in [2.75, 3.05) is 31.1 Å². The Labute approximate surface area is 178 Å². The minimum Gasteiger partial charge on any atom is -0.460 e. The van der Waals surface area contributed by atoms with Crippen LogP contribution < -0.4 is 10.6 Å². The summed E-state index contributed by atoms with van der Waals surface area (Å²) in [6.45, 7) is 9.78. The number of aromatic nitrogens is 2. The lowest BCUT2D eigenvalue weighted by Gasteiger charge is -2.42. The highest BCUT2D eigenvalue weighted by Crippen LogP contribution is 2.28. The third kappa shape index (κ3) is 4.41. The van der Waals surface area contributed by atoms with Crippen LogP contribution in [0.15, 0.2) is 23.0 Å². The van der Waals surface area contributed by atoms with Crippen LogP contribution in [0.1, 0.15) is 46.5 Å². The molecule has 0 spiro atoms. The number of nitrogens with zero attached hydrogens (tertiary/aromatic N) is 3. The van der Waals surface area contributed by atoms with Gasteiger partial charge in [-0.25, -0.2) is 4.79 Å². The van der Waals surface area contributed by atoms with Crippen LogP contribution in [0.5, 0.6) is 0 Å². The molecule has 0 bridgehead atoms. The van der Waals surface area contributed by atoms with E-state index in [-0.39, 0.29) is 17.6 Å². The lowest BCUT2D eigenvalue weighted by Crippen LogP contribution is -2.48. The van der Waals surface area contributed by atoms with Gasteiger partial charge in [-0.1, -0.05) is 0 Å². The topological polar surface area (TPSA) is 70.6 Å². The van der Waals surface area contributed by atoms with Gasteiger partial charge in [0.15, 0.2) is 0 Å². The van der Waals surface area contributed by atoms with E-state index in [1.807, 2.05) is 26.8 Å². The van der Waals surface area contributed by atoms with Gasteiger partial charge in [-0.05, 0) is 77.7 Å². The number of imidazole rings is 1. The minimum atomic E-state index is -0.406. The second-order valence-corrected chi connectivity index (χ2v) is 9.75. The fourth-order valence-electron chi connectivity index (χ4n) is 4.78. The number of ether oxygens (including phenoxy) is 1. The average Bonchev–Trinajstić information content (AvgIpc) is 3.00. The van der Waals surface area contributed by atoms with Gasteiger partial charge in [0, 0.05) is 31.9 Å². The van der Waals surface area contributed by atoms with Gasteiger partial charge in [0.05, 0.1) is 17.0 Å². The molecule has 0 amide bonds. The molecule has 2 aliphatic heterocycles. The molecule has 7 heteroatoms. The molecule has 2 aromatic rings. The number of hydrogen-bond donors (Lipinski definition) is 1. The summed E-state index contributed by atoms with van der Waals surface area (Å²) in [5.74, 6) is 0.00630. The summed E-state index contributed by atoms with van der Waals surface area (Å²) < 4.78 is 7.24. The zero-order valence-electron chi connectivity index (χ0n) is 18.6. The molecule has 0 saturated carbocycles. The summed E-state index contributed by atoms with van der Waals surface area (Å²) in [5, 5.41) is 0. The predicted octanol–water partition coefficient (Wildman–Crippen LogP) is 2.89. The highest BCUT2D eigenvalue weighted by atomic mass is 16.6. The Bertz CT molecular complexity index is 955. The zero-order chi connectivity index (χ0) is 21.5. The lowest BCUT2D eigenvalue weighted by atomic mass is 9.93. The standard InChI is InChI=1S/C23H34N4O3/c1-23(2,3)30-21(28)16-7-11-26(12-8-16)17-9-13-27(14-10-17)18-5-6-19-20(15-18)25(4)22(29)24-19/h5-6,15-17H,7-14H2,1-4H3,(H,24,29). The number of fused-ring (bicyclic) bond motifs is 1. The molecule has 30 heavy (non-hydrogen) atoms. The third-order valence-corrected chi connectivity index (χ3v) is 6.50. The Morgan fingerprint density at radius 2 is 1.73 bits per heavy atom. The van der Waals surface area contributed by atoms with Crippen molar-refractivity contribution in [3.63, 3.8) is 0 Å². The second-order valence-electron chi connectivity index (χ2n) is 9.75. The number of benzene rings is 1. The molecule has 7 nitrogen and oxygen atoms in total. The summed E-state index contributed by atoms with van der Waals surface area (Å²) in [6.07, 6.45) is 4.04. The van der Waals surface area contributed by atoms with E-state index in [1.165, 1.54) is 5.69 Å². The van der Waals surface area contributed by atoms with Crippen molar-refractivity contribution in [3.05, 3.63) is 28.7 Å². The molecule has 1 aromatic heterocycles. The molecular formula is C23H34N4O3. The molecule has 0 unspecified atom stereocenters. The first-order valence-corrected chi connectivity index (χ1v) is 11.1. The van der Waals surface area contributed by atoms with E-state index in [2.05, 4.69) is 26.9 Å². The quantitative estimate of drug-likeness (QED) is 0.782. The molecule has 4 rings (SSSR count). The number of esters is 1. The van der Waals surface area contributed by atoms with E-state index in [0.717, 1.165) is 62.9 Å². The molecule has 0 atom stereocenters. The van der Waals surface area contributed by atoms with Gasteiger partial charge in [-0.15, -0.1) is 0 Å². The molecule has 164 valence electrons. The van der Waals surface area contributed by atoms with E-state index in [0.29, 0.717) is 6.04 Å². The van der Waals surface area contributed by atoms with Gasteiger partial charge in [0.1, 0.15) is 5.60 Å². The van der Waals surface area contributed by atoms with Crippen LogP contribution in [0.25, 0.3) is 11.0 Å². The Balaban J connectivity index is 1.31. The van der Waals surface area contributed by atoms with E-state index >= 15 is 0 Å². The fourth-order valence-corrected chi connectivity index (χ4v) is 4.78. The molecule has 2 fully saturated rings. The Morgan fingerprint density at radius 1 is 1.07 bits per heavy atom. The van der Waals surface area contributed by atoms with Crippen LogP contribution >= 0.6 is 0 Å². The Kier molecular flexibility index (Phi) is 5.66. The maximum atomic E-state index is 12.3. The van der Waals surface area contributed by atoms with Crippen LogP contribution in [-0.4, -0.2) is 58.2 Å². The number of anilines is 1. The maximum Gasteiger partial charge on any atom is 0.326 e. The third-order valence-electron chi connectivity index (χ3n) is 6.50. The first-order valence-electron chi connectivity index (χ1n) is 11.1. The van der Waals surface area contributed by atoms with E-state index in [1.54, 1.807) is 11.6 Å². The molecule has 0 aliphatic carbocycles. The Morgan fingerprint density at radius 3 is 2.37 bits per heavy atom. The second kappa shape index (κ2) is 8.10. The van der Waals surface area contributed by atoms with Crippen molar-refractivity contribution in [3.8, 4) is 0 Å². The van der Waals surface area contributed by atoms with Crippen molar-refractivity contribution in [1.82, 2.24) is 14.5 Å². The highest BCUT2D eigenvalue weighted by Gasteiger charge is 2.32. The van der Waals surface area contributed by atoms with Gasteiger partial charge >= 0.3 is 11.7 Å². The molecule has 1 aromatic carbocycles. The molecule has 1 N–H and O–H groups in total. The number of piperidine rings is 2. The number of rotatable bonds is 3. The molecule has 2 saturated heterocycles. The van der Waals surface area contributed by atoms with E-state index in [4.69, 9.17) is 4.74 Å². The van der Waals surface area contributed by atoms with Crippen molar-refractivity contribution in [2.24, 2.45) is 13.0 Å². The van der Waals surface area contributed by atoms with Gasteiger partial charge < -0.3 is 19.5 Å². The largest absolute Gasteiger partial charge is 0.460 e. The van der Waals surface area contributed by atoms with Crippen LogP contribution in [0, 0.1) is 5.92 Å². The number of hydrogen-bond acceptors (Lipinski definition) is 5. The normalized spacial score (nSPS) is 20.1. The number of nitrogens with one attached hydrogen (secondary N) is 1. The van der Waals surface area contributed by atoms with Crippen LogP contribution in [0.2, 0.25) is 0 Å². The van der Waals surface area contributed by atoms with Gasteiger partial charge in [0.25, 0.3) is 0 Å². The van der Waals surface area contributed by atoms with E-state index < -0.39 is 5.60 Å². The molecule has 0 radical (unpaired) electrons. The summed E-state index contributed by atoms with van der Waals surface area (Å²) >= 11 is 0. The van der Waals surface area contributed by atoms with E-state index in [9.17, 15) is 9.59 Å². The number of aromatic amines is 1. The van der Waals surface area contributed by atoms with Gasteiger partial charge in [-0.2, -0.15) is 0 Å². The van der Waals surface area contributed by atoms with Crippen LogP contribution in [0.3, 0.4) is 0 Å². The smallest absolute Gasteiger partial charge is 0.326 e. The number of H-pyrrole nitrogens is 1. The monoisotopic (exact) mass is 414 g/mol. The van der Waals surface area contributed by atoms with Crippen LogP contribution in [-0.2, 0) is 16.6 Å². The summed E-state index contributed by atoms with van der Waals surface area (Å²) in [7, 11) is 1.80. The van der Waals surface area contributed by atoms with Crippen molar-refractivity contribution in [1.29, 1.82) is 0 Å². The fraction of sp³-hybridized carbons (Fsp3) is 0.652. The van der Waals surface area contributed by atoms with Crippen LogP contribution in [0.4, 0.5) is 5.69 Å². The SMILES string of the molecule is Cn1c(=O)[nH]c2ccc(N3CCC(N4CCC(C(=O)OC(C)(C)C)CC4)CC3)cc21. The summed E-state index contributed by atoms with van der Waals surface area (Å²) in [5.41, 5.74) is 2.53. The lowest BCUT2D eigenvalue weighted by molar-refractivity contribution is -0.161. The maximum absolute atomic E-state index is 12.3. The van der Waals surface area contributed by atoms with Crippen molar-refractivity contribution < 1.29 is 9.53 Å². The van der Waals surface area contributed by atoms with Gasteiger partial charge in [0.2, 0.25) is 0 Å². The summed E-state index contributed by atoms with van der Waals surface area (Å²) in [4.78, 5) is 32.0. The minimum absolute atomic E-state index is 0.0356. The first kappa shape index (κ1) is 21.0. The van der Waals surface area contributed by atoms with Crippen molar-refractivity contribution in [2.45, 2.75) is 58.1 Å². The zero-order valence-corrected chi connectivity index (χ0v) is 18.6. The molecular weight excluding hydrogens is 380 g/mol. The van der Waals surface area contributed by atoms with Gasteiger partial charge in [-0.3, -0.25) is 9.36 Å². The van der Waals surface area contributed by atoms with Crippen molar-refractivity contribution >= 4 is 22.7 Å². The average molecular weight is 415 g/mol. The Hall–Kier alpha value is -2.28. The number of carbonyl (C=O) groups is 1. The number of carbonyl (C=O) groups excluding carboxylic acids is 1. The predicted molar refractivity (Wildman–Crippen MR) is 119 cm³/mol. The number of aryl methyl sites for hydroxylation is 1. The number of likely N-dealkylation sites (tertiary alicyclic amines) is 1. The first-order chi connectivity index (χ1) is 14.2. The molecule has 3 heterocycles. The highest BCUT2D eigenvalue weighted by molar-refractivity contribution is 5.79. The molecule has 2 aliphatic rings.